The molecule has 15 heavy (non-hydrogen) atoms. The van der Waals surface area contributed by atoms with E-state index in [0.717, 1.165) is 25.1 Å². The van der Waals surface area contributed by atoms with Crippen molar-refractivity contribution in [2.75, 3.05) is 13.1 Å². The van der Waals surface area contributed by atoms with Crippen LogP contribution in [0.2, 0.25) is 0 Å². The van der Waals surface area contributed by atoms with Crippen LogP contribution in [0.4, 0.5) is 0 Å². The molecule has 86 valence electrons. The Morgan fingerprint density at radius 2 is 2.20 bits per heavy atom. The zero-order valence-electron chi connectivity index (χ0n) is 9.86. The van der Waals surface area contributed by atoms with Gasteiger partial charge >= 0.3 is 0 Å². The fourth-order valence-electron chi connectivity index (χ4n) is 1.89. The lowest BCUT2D eigenvalue weighted by Crippen LogP contribution is -2.30. The lowest BCUT2D eigenvalue weighted by molar-refractivity contribution is -0.131. The van der Waals surface area contributed by atoms with E-state index in [-0.39, 0.29) is 11.8 Å². The molecule has 0 saturated carbocycles. The fourth-order valence-corrected chi connectivity index (χ4v) is 1.89. The van der Waals surface area contributed by atoms with Crippen LogP contribution in [0.15, 0.2) is 5.10 Å². The summed E-state index contributed by atoms with van der Waals surface area (Å²) in [5.74, 6) is 0.389. The lowest BCUT2D eigenvalue weighted by atomic mass is 9.92. The molecule has 1 rings (SSSR count). The molecule has 1 amide bonds. The maximum atomic E-state index is 12.0. The van der Waals surface area contributed by atoms with Gasteiger partial charge in [0, 0.05) is 6.54 Å². The molecule has 0 fully saturated rings. The third-order valence-electron chi connectivity index (χ3n) is 2.63. The molecule has 2 N–H and O–H groups in total. The Labute approximate surface area is 91.5 Å². The number of nitrogens with zero attached hydrogens (tertiary/aromatic N) is 2. The van der Waals surface area contributed by atoms with Crippen molar-refractivity contribution in [1.82, 2.24) is 5.01 Å². The first-order valence-electron chi connectivity index (χ1n) is 5.71. The Kier molecular flexibility index (Phi) is 4.27. The molecule has 0 aromatic carbocycles. The van der Waals surface area contributed by atoms with Gasteiger partial charge in [0.05, 0.1) is 11.6 Å². The van der Waals surface area contributed by atoms with Gasteiger partial charge in [-0.1, -0.05) is 20.8 Å². The van der Waals surface area contributed by atoms with Gasteiger partial charge in [0.2, 0.25) is 0 Å². The van der Waals surface area contributed by atoms with Gasteiger partial charge in [0.25, 0.3) is 5.91 Å². The van der Waals surface area contributed by atoms with Crippen molar-refractivity contribution >= 4 is 11.6 Å². The number of amides is 1. The van der Waals surface area contributed by atoms with Crippen molar-refractivity contribution in [1.29, 1.82) is 0 Å². The molecule has 4 heteroatoms. The van der Waals surface area contributed by atoms with Crippen LogP contribution < -0.4 is 5.73 Å². The van der Waals surface area contributed by atoms with Crippen LogP contribution >= 0.6 is 0 Å². The van der Waals surface area contributed by atoms with Crippen LogP contribution in [0.25, 0.3) is 0 Å². The summed E-state index contributed by atoms with van der Waals surface area (Å²) < 4.78 is 0. The highest BCUT2D eigenvalue weighted by atomic mass is 16.2. The van der Waals surface area contributed by atoms with Crippen LogP contribution in [0.1, 0.15) is 33.6 Å². The SMILES string of the molecule is CCCN1N=C(C(C)C)C(CCN)C1=O. The number of carbonyl (C=O) groups is 1. The predicted octanol–water partition coefficient (Wildman–Crippen LogP) is 1.22. The molecule has 0 aromatic rings. The topological polar surface area (TPSA) is 58.7 Å². The average Bonchev–Trinajstić information content (AvgIpc) is 2.48. The normalized spacial score (nSPS) is 21.4. The quantitative estimate of drug-likeness (QED) is 0.743. The third-order valence-corrected chi connectivity index (χ3v) is 2.63. The minimum atomic E-state index is -0.0680. The Hall–Kier alpha value is -0.900. The molecule has 1 aliphatic heterocycles. The second-order valence-electron chi connectivity index (χ2n) is 4.27. The van der Waals surface area contributed by atoms with Crippen molar-refractivity contribution in [3.63, 3.8) is 0 Å². The second-order valence-corrected chi connectivity index (χ2v) is 4.27. The molecule has 0 bridgehead atoms. The molecule has 1 heterocycles. The van der Waals surface area contributed by atoms with Crippen LogP contribution in [-0.4, -0.2) is 29.7 Å². The Morgan fingerprint density at radius 1 is 1.53 bits per heavy atom. The van der Waals surface area contributed by atoms with E-state index in [2.05, 4.69) is 18.9 Å². The van der Waals surface area contributed by atoms with Crippen molar-refractivity contribution in [3.8, 4) is 0 Å². The van der Waals surface area contributed by atoms with Crippen molar-refractivity contribution in [3.05, 3.63) is 0 Å². The zero-order chi connectivity index (χ0) is 11.4. The molecule has 1 aliphatic rings. The molecule has 0 aromatic heterocycles. The average molecular weight is 211 g/mol. The molecule has 1 unspecified atom stereocenters. The number of carbonyl (C=O) groups excluding carboxylic acids is 1. The van der Waals surface area contributed by atoms with Gasteiger partial charge < -0.3 is 5.73 Å². The van der Waals surface area contributed by atoms with Gasteiger partial charge in [-0.3, -0.25) is 4.79 Å². The molecule has 0 radical (unpaired) electrons. The minimum absolute atomic E-state index is 0.0680. The molecule has 4 nitrogen and oxygen atoms in total. The van der Waals surface area contributed by atoms with E-state index in [9.17, 15) is 4.79 Å². The summed E-state index contributed by atoms with van der Waals surface area (Å²) in [6.07, 6.45) is 1.66. The zero-order valence-corrected chi connectivity index (χ0v) is 9.86. The number of hydrogen-bond acceptors (Lipinski definition) is 3. The number of rotatable bonds is 5. The first kappa shape index (κ1) is 12.2. The van der Waals surface area contributed by atoms with Gasteiger partial charge in [-0.05, 0) is 25.3 Å². The molecule has 0 saturated heterocycles. The minimum Gasteiger partial charge on any atom is -0.330 e. The van der Waals surface area contributed by atoms with Gasteiger partial charge in [-0.15, -0.1) is 0 Å². The highest BCUT2D eigenvalue weighted by Gasteiger charge is 2.35. The summed E-state index contributed by atoms with van der Waals surface area (Å²) in [6.45, 7) is 7.46. The van der Waals surface area contributed by atoms with Crippen molar-refractivity contribution in [2.45, 2.75) is 33.6 Å². The Morgan fingerprint density at radius 3 is 2.67 bits per heavy atom. The number of hydrazone groups is 1. The monoisotopic (exact) mass is 211 g/mol. The van der Waals surface area contributed by atoms with Gasteiger partial charge in [0.15, 0.2) is 0 Å². The van der Waals surface area contributed by atoms with E-state index in [4.69, 9.17) is 5.73 Å². The van der Waals surface area contributed by atoms with Gasteiger partial charge in [-0.25, -0.2) is 5.01 Å². The second kappa shape index (κ2) is 5.26. The van der Waals surface area contributed by atoms with Crippen molar-refractivity contribution < 1.29 is 4.79 Å². The summed E-state index contributed by atoms with van der Waals surface area (Å²) in [5, 5.41) is 6.01. The van der Waals surface area contributed by atoms with Crippen molar-refractivity contribution in [2.24, 2.45) is 22.7 Å². The van der Waals surface area contributed by atoms with Crippen LogP contribution in [0.5, 0.6) is 0 Å². The van der Waals surface area contributed by atoms with E-state index >= 15 is 0 Å². The summed E-state index contributed by atoms with van der Waals surface area (Å²) in [6, 6.07) is 0. The Bertz CT molecular complexity index is 261. The highest BCUT2D eigenvalue weighted by molar-refractivity contribution is 6.08. The number of nitrogens with two attached hydrogens (primary N) is 1. The maximum Gasteiger partial charge on any atom is 0.251 e. The standard InChI is InChI=1S/C11H21N3O/c1-4-7-14-11(15)9(5-6-12)10(13-14)8(2)3/h8-9H,4-7,12H2,1-3H3. The summed E-state index contributed by atoms with van der Waals surface area (Å²) in [4.78, 5) is 12.0. The number of hydrogen-bond donors (Lipinski definition) is 1. The van der Waals surface area contributed by atoms with Gasteiger partial charge in [0.1, 0.15) is 0 Å². The van der Waals surface area contributed by atoms with E-state index in [1.54, 1.807) is 5.01 Å². The molecular weight excluding hydrogens is 190 g/mol. The van der Waals surface area contributed by atoms with E-state index in [1.807, 2.05) is 6.92 Å². The fraction of sp³-hybridized carbons (Fsp3) is 0.818. The van der Waals surface area contributed by atoms with Crippen LogP contribution in [0.3, 0.4) is 0 Å². The first-order valence-corrected chi connectivity index (χ1v) is 5.71. The lowest BCUT2D eigenvalue weighted by Gasteiger charge is -2.13. The third kappa shape index (κ3) is 2.56. The predicted molar refractivity (Wildman–Crippen MR) is 61.4 cm³/mol. The molecule has 1 atom stereocenters. The maximum absolute atomic E-state index is 12.0. The largest absolute Gasteiger partial charge is 0.330 e. The first-order chi connectivity index (χ1) is 7.11. The van der Waals surface area contributed by atoms with Crippen LogP contribution in [-0.2, 0) is 4.79 Å². The van der Waals surface area contributed by atoms with E-state index in [1.165, 1.54) is 0 Å². The highest BCUT2D eigenvalue weighted by Crippen LogP contribution is 2.23. The summed E-state index contributed by atoms with van der Waals surface area (Å²) in [5.41, 5.74) is 6.53. The molecule has 0 spiro atoms. The van der Waals surface area contributed by atoms with Gasteiger partial charge in [-0.2, -0.15) is 5.10 Å². The Balaban J connectivity index is 2.79. The molecule has 0 aliphatic carbocycles. The van der Waals surface area contributed by atoms with Crippen LogP contribution in [0, 0.1) is 11.8 Å². The summed E-state index contributed by atoms with van der Waals surface area (Å²) in [7, 11) is 0. The van der Waals surface area contributed by atoms with E-state index in [0.29, 0.717) is 12.5 Å². The molecular formula is C11H21N3O. The van der Waals surface area contributed by atoms with E-state index < -0.39 is 0 Å². The smallest absolute Gasteiger partial charge is 0.251 e. The summed E-state index contributed by atoms with van der Waals surface area (Å²) >= 11 is 0.